The van der Waals surface area contributed by atoms with Crippen molar-refractivity contribution in [2.75, 3.05) is 0 Å². The Morgan fingerprint density at radius 1 is 0.129 bits per heavy atom. The Morgan fingerprint density at radius 3 is 0.750 bits per heavy atom. The van der Waals surface area contributed by atoms with Crippen LogP contribution in [0.5, 0.6) is 0 Å². The molecule has 0 saturated carbocycles. The molecule has 2 heterocycles. The molecule has 2 aliphatic rings. The number of nitrogens with zero attached hydrogens (tertiary/aromatic N) is 6. The molecule has 132 heavy (non-hydrogen) atoms. The summed E-state index contributed by atoms with van der Waals surface area (Å²) in [5, 5.41) is 9.88. The van der Waals surface area contributed by atoms with Gasteiger partial charge in [0.15, 0.2) is 34.9 Å². The summed E-state index contributed by atoms with van der Waals surface area (Å²) in [6, 6.07) is 176. The fourth-order valence-corrected chi connectivity index (χ4v) is 21.3. The molecule has 0 spiro atoms. The van der Waals surface area contributed by atoms with Crippen molar-refractivity contribution >= 4 is 43.1 Å². The van der Waals surface area contributed by atoms with E-state index in [9.17, 15) is 0 Å². The molecule has 0 fully saturated rings. The van der Waals surface area contributed by atoms with Crippen molar-refractivity contribution in [3.05, 3.63) is 530 Å². The molecule has 21 aromatic carbocycles. The molecule has 0 radical (unpaired) electrons. The van der Waals surface area contributed by atoms with Crippen molar-refractivity contribution in [2.45, 2.75) is 10.8 Å². The van der Waals surface area contributed by atoms with Crippen molar-refractivity contribution in [3.8, 4) is 157 Å². The minimum atomic E-state index is -0.714. The summed E-state index contributed by atoms with van der Waals surface area (Å²) < 4.78 is 0. The maximum atomic E-state index is 5.40. The summed E-state index contributed by atoms with van der Waals surface area (Å²) in [5.41, 5.74) is 32.3. The maximum absolute atomic E-state index is 5.40. The summed E-state index contributed by atoms with van der Waals surface area (Å²) >= 11 is 0. The fraction of sp³-hybridized carbons (Fsp3) is 0.0159. The predicted octanol–water partition coefficient (Wildman–Crippen LogP) is 31.4. The van der Waals surface area contributed by atoms with E-state index in [-0.39, 0.29) is 0 Å². The molecule has 2 atom stereocenters. The van der Waals surface area contributed by atoms with Gasteiger partial charge in [-0.05, 0) is 207 Å². The smallest absolute Gasteiger partial charge is 0.164 e. The van der Waals surface area contributed by atoms with E-state index in [4.69, 9.17) is 29.9 Å². The van der Waals surface area contributed by atoms with Crippen molar-refractivity contribution in [1.82, 2.24) is 29.9 Å². The number of hydrogen-bond acceptors (Lipinski definition) is 6. The van der Waals surface area contributed by atoms with Crippen LogP contribution in [0.3, 0.4) is 0 Å². The monoisotopic (exact) mass is 1680 g/mol. The van der Waals surface area contributed by atoms with E-state index in [0.717, 1.165) is 100 Å². The van der Waals surface area contributed by atoms with Crippen LogP contribution in [0.2, 0.25) is 0 Å². The SMILES string of the molecule is c1ccc(-c2ccc(-c3nc(-c4ccc(-c5cccc(-c6ccc7c8c(c9ccccc9c7c6)-c6ccccc6C8(c6ccccc6)c6ccc(-c7cccc(-c8nc(-c9ccccc9)nc(-c9cccc(-c%10ccccc%10)c9)n8)c7)cc6)c5)cc4)nc(-c4cccc(-c5ccc(C6(c7ccccc7)c7ccccc7-c7c6c6ccccc6c6ccccc76)cc5)c4)n3)cc2)cc1. The Hall–Kier alpha value is -17.3. The highest BCUT2D eigenvalue weighted by molar-refractivity contribution is 6.21. The summed E-state index contributed by atoms with van der Waals surface area (Å²) in [6.07, 6.45) is 0. The van der Waals surface area contributed by atoms with Crippen LogP contribution in [0.1, 0.15) is 44.5 Å². The van der Waals surface area contributed by atoms with Gasteiger partial charge in [0.2, 0.25) is 0 Å². The lowest BCUT2D eigenvalue weighted by Gasteiger charge is -2.35. The summed E-state index contributed by atoms with van der Waals surface area (Å²) in [4.78, 5) is 31.7. The molecule has 614 valence electrons. The molecule has 0 N–H and O–H groups in total. The highest BCUT2D eigenvalue weighted by Crippen LogP contribution is 2.63. The van der Waals surface area contributed by atoms with Crippen LogP contribution >= 0.6 is 0 Å². The van der Waals surface area contributed by atoms with Gasteiger partial charge in [0.1, 0.15) is 0 Å². The van der Waals surface area contributed by atoms with E-state index in [2.05, 4.69) is 461 Å². The number of rotatable bonds is 16. The maximum Gasteiger partial charge on any atom is 0.164 e. The van der Waals surface area contributed by atoms with Gasteiger partial charge in [-0.15, -0.1) is 0 Å². The molecule has 6 heteroatoms. The van der Waals surface area contributed by atoms with Crippen LogP contribution in [0.4, 0.5) is 0 Å². The lowest BCUT2D eigenvalue weighted by molar-refractivity contribution is 0.776. The van der Waals surface area contributed by atoms with Crippen LogP contribution in [-0.4, -0.2) is 29.9 Å². The molecule has 25 rings (SSSR count). The largest absolute Gasteiger partial charge is 0.208 e. The first-order valence-corrected chi connectivity index (χ1v) is 45.2. The summed E-state index contributed by atoms with van der Waals surface area (Å²) in [7, 11) is 0. The van der Waals surface area contributed by atoms with Gasteiger partial charge < -0.3 is 0 Å². The number of hydrogen-bond donors (Lipinski definition) is 0. The minimum absolute atomic E-state index is 0.584. The molecule has 0 saturated heterocycles. The van der Waals surface area contributed by atoms with Gasteiger partial charge in [-0.3, -0.25) is 0 Å². The average molecular weight is 1680 g/mol. The first kappa shape index (κ1) is 77.1. The molecule has 23 aromatic rings. The van der Waals surface area contributed by atoms with E-state index in [1.807, 2.05) is 24.3 Å². The molecule has 0 aliphatic heterocycles. The molecule has 2 aromatic heterocycles. The third-order valence-electron chi connectivity index (χ3n) is 27.3. The zero-order chi connectivity index (χ0) is 87.2. The summed E-state index contributed by atoms with van der Waals surface area (Å²) in [6.45, 7) is 0. The molecule has 6 nitrogen and oxygen atoms in total. The van der Waals surface area contributed by atoms with Crippen molar-refractivity contribution < 1.29 is 0 Å². The number of fused-ring (bicyclic) bond motifs is 16. The van der Waals surface area contributed by atoms with Crippen LogP contribution in [0, 0.1) is 0 Å². The molecular weight excluding hydrogens is 1600 g/mol. The van der Waals surface area contributed by atoms with E-state index < -0.39 is 10.8 Å². The molecule has 2 aliphatic carbocycles. The van der Waals surface area contributed by atoms with Gasteiger partial charge in [0.05, 0.1) is 10.8 Å². The van der Waals surface area contributed by atoms with E-state index in [1.54, 1.807) is 0 Å². The second kappa shape index (κ2) is 31.9. The number of aromatic nitrogens is 6. The van der Waals surface area contributed by atoms with E-state index in [1.165, 1.54) is 110 Å². The molecule has 0 amide bonds. The topological polar surface area (TPSA) is 77.3 Å². The van der Waals surface area contributed by atoms with Crippen LogP contribution in [0.25, 0.3) is 200 Å². The zero-order valence-electron chi connectivity index (χ0n) is 71.9. The third-order valence-corrected chi connectivity index (χ3v) is 27.3. The Balaban J connectivity index is 0.555. The van der Waals surface area contributed by atoms with Gasteiger partial charge >= 0.3 is 0 Å². The predicted molar refractivity (Wildman–Crippen MR) is 543 cm³/mol. The Kier molecular flexibility index (Phi) is 18.6. The Labute approximate surface area is 765 Å². The van der Waals surface area contributed by atoms with Crippen LogP contribution in [-0.2, 0) is 10.8 Å². The highest BCUT2D eigenvalue weighted by atomic mass is 15.0. The van der Waals surface area contributed by atoms with Crippen molar-refractivity contribution in [1.29, 1.82) is 0 Å². The van der Waals surface area contributed by atoms with E-state index >= 15 is 0 Å². The zero-order valence-corrected chi connectivity index (χ0v) is 71.9. The van der Waals surface area contributed by atoms with Gasteiger partial charge in [-0.25, -0.2) is 29.9 Å². The Bertz CT molecular complexity index is 8460. The Morgan fingerprint density at radius 2 is 0.348 bits per heavy atom. The van der Waals surface area contributed by atoms with Gasteiger partial charge in [-0.1, -0.05) is 455 Å². The van der Waals surface area contributed by atoms with Crippen molar-refractivity contribution in [3.63, 3.8) is 0 Å². The van der Waals surface area contributed by atoms with Gasteiger partial charge in [0.25, 0.3) is 0 Å². The standard InChI is InChI=1S/C126H80N6/c1-6-30-81(31-7-1)83-58-62-88(63-59-83)120-127-121(131-122(130-120)97-42-28-38-92(78-97)85-66-71-101(72-67-85)125(99-44-12-4-13-45-99)113-56-24-22-54-110(113)115-106-51-19-16-48-103(106)104-49-18-21-53-108(104)117(115)125)89-64-60-84(61-65-89)90-36-26-40-94(76-90)95-70-75-109-112(80-95)105-50-17-20-52-107(105)116-111-55-23-25-57-114(111)126(118(109)116,100-46-14-5-15-47-100)102-73-68-86(69-74-102)93-39-29-43-98(79-93)124-129-119(87-34-10-3-11-35-87)128-123(132-124)96-41-27-37-91(77-96)82-32-8-2-9-33-82/h1-80H. The van der Waals surface area contributed by atoms with Gasteiger partial charge in [-0.2, -0.15) is 0 Å². The molecule has 0 bridgehead atoms. The lowest BCUT2D eigenvalue weighted by atomic mass is 9.66. The third kappa shape index (κ3) is 12.9. The van der Waals surface area contributed by atoms with Crippen molar-refractivity contribution in [2.24, 2.45) is 0 Å². The lowest BCUT2D eigenvalue weighted by Crippen LogP contribution is -2.28. The normalized spacial score (nSPS) is 14.1. The van der Waals surface area contributed by atoms with Crippen LogP contribution < -0.4 is 0 Å². The number of benzene rings is 21. The van der Waals surface area contributed by atoms with Gasteiger partial charge in [0, 0.05) is 33.4 Å². The molecule has 2 unspecified atom stereocenters. The average Bonchev–Trinajstić information content (AvgIpc) is 1.51. The second-order valence-electron chi connectivity index (χ2n) is 34.6. The quantitative estimate of drug-likeness (QED) is 0.0897. The van der Waals surface area contributed by atoms with Crippen LogP contribution in [0.15, 0.2) is 485 Å². The minimum Gasteiger partial charge on any atom is -0.208 e. The summed E-state index contributed by atoms with van der Waals surface area (Å²) in [5.74, 6) is 3.60. The first-order chi connectivity index (χ1) is 65.4. The molecular formula is C126H80N6. The first-order valence-electron chi connectivity index (χ1n) is 45.2. The highest BCUT2D eigenvalue weighted by Gasteiger charge is 2.50. The fourth-order valence-electron chi connectivity index (χ4n) is 21.3. The second-order valence-corrected chi connectivity index (χ2v) is 34.6. The van der Waals surface area contributed by atoms with E-state index in [0.29, 0.717) is 34.9 Å².